The van der Waals surface area contributed by atoms with E-state index in [2.05, 4.69) is 24.1 Å². The van der Waals surface area contributed by atoms with Crippen LogP contribution in [-0.4, -0.2) is 48.8 Å². The lowest BCUT2D eigenvalue weighted by Gasteiger charge is -2.32. The molecule has 0 spiro atoms. The van der Waals surface area contributed by atoms with Gasteiger partial charge in [0.2, 0.25) is 0 Å². The summed E-state index contributed by atoms with van der Waals surface area (Å²) in [5, 5.41) is 12.5. The molecule has 0 bridgehead atoms. The SMILES string of the molecule is CNC(CO)CN(CCC(C)C)C1CCCC1. The lowest BCUT2D eigenvalue weighted by Crippen LogP contribution is -2.46. The van der Waals surface area contributed by atoms with Crippen LogP contribution in [0.15, 0.2) is 0 Å². The zero-order valence-electron chi connectivity index (χ0n) is 11.8. The summed E-state index contributed by atoms with van der Waals surface area (Å²) in [6.07, 6.45) is 6.72. The Bertz CT molecular complexity index is 187. The van der Waals surface area contributed by atoms with E-state index in [1.807, 2.05) is 7.05 Å². The van der Waals surface area contributed by atoms with Gasteiger partial charge in [0.1, 0.15) is 0 Å². The third kappa shape index (κ3) is 5.36. The first-order chi connectivity index (χ1) is 8.17. The van der Waals surface area contributed by atoms with Crippen molar-refractivity contribution in [3.63, 3.8) is 0 Å². The molecule has 17 heavy (non-hydrogen) atoms. The molecule has 3 nitrogen and oxygen atoms in total. The topological polar surface area (TPSA) is 35.5 Å². The van der Waals surface area contributed by atoms with Crippen LogP contribution in [0.25, 0.3) is 0 Å². The summed E-state index contributed by atoms with van der Waals surface area (Å²) in [5.41, 5.74) is 0. The fraction of sp³-hybridized carbons (Fsp3) is 1.00. The van der Waals surface area contributed by atoms with Crippen LogP contribution in [0.2, 0.25) is 0 Å². The minimum Gasteiger partial charge on any atom is -0.395 e. The van der Waals surface area contributed by atoms with Crippen molar-refractivity contribution in [3.05, 3.63) is 0 Å². The van der Waals surface area contributed by atoms with Gasteiger partial charge >= 0.3 is 0 Å². The second-order valence-corrected chi connectivity index (χ2v) is 5.78. The third-order valence-electron chi connectivity index (χ3n) is 3.92. The minimum absolute atomic E-state index is 0.225. The Kier molecular flexibility index (Phi) is 7.09. The number of hydrogen-bond acceptors (Lipinski definition) is 3. The van der Waals surface area contributed by atoms with Gasteiger partial charge in [-0.3, -0.25) is 4.90 Å². The average Bonchev–Trinajstić information content (AvgIpc) is 2.83. The predicted octanol–water partition coefficient (Wildman–Crippen LogP) is 1.86. The van der Waals surface area contributed by atoms with Crippen LogP contribution in [0.1, 0.15) is 46.0 Å². The van der Waals surface area contributed by atoms with E-state index >= 15 is 0 Å². The molecular formula is C14H30N2O. The number of aliphatic hydroxyl groups is 1. The summed E-state index contributed by atoms with van der Waals surface area (Å²) >= 11 is 0. The molecule has 3 heteroatoms. The number of hydrogen-bond donors (Lipinski definition) is 2. The first-order valence-electron chi connectivity index (χ1n) is 7.19. The highest BCUT2D eigenvalue weighted by Gasteiger charge is 2.24. The van der Waals surface area contributed by atoms with Crippen LogP contribution >= 0.6 is 0 Å². The van der Waals surface area contributed by atoms with Gasteiger partial charge in [-0.1, -0.05) is 26.7 Å². The van der Waals surface area contributed by atoms with Gasteiger partial charge in [0.25, 0.3) is 0 Å². The summed E-state index contributed by atoms with van der Waals surface area (Å²) in [6, 6.07) is 0.985. The van der Waals surface area contributed by atoms with E-state index in [0.717, 1.165) is 18.5 Å². The number of nitrogens with one attached hydrogen (secondary N) is 1. The maximum Gasteiger partial charge on any atom is 0.0597 e. The second kappa shape index (κ2) is 8.06. The summed E-state index contributed by atoms with van der Waals surface area (Å²) < 4.78 is 0. The highest BCUT2D eigenvalue weighted by atomic mass is 16.3. The van der Waals surface area contributed by atoms with Gasteiger partial charge in [-0.15, -0.1) is 0 Å². The van der Waals surface area contributed by atoms with E-state index in [-0.39, 0.29) is 12.6 Å². The molecule has 102 valence electrons. The fourth-order valence-electron chi connectivity index (χ4n) is 2.64. The van der Waals surface area contributed by atoms with Crippen molar-refractivity contribution in [1.29, 1.82) is 0 Å². The molecule has 0 amide bonds. The molecule has 1 aliphatic carbocycles. The van der Waals surface area contributed by atoms with Crippen LogP contribution < -0.4 is 5.32 Å². The number of likely N-dealkylation sites (N-methyl/N-ethyl adjacent to an activating group) is 1. The van der Waals surface area contributed by atoms with Gasteiger partial charge in [0.05, 0.1) is 6.61 Å². The van der Waals surface area contributed by atoms with Crippen molar-refractivity contribution in [2.24, 2.45) is 5.92 Å². The molecule has 2 N–H and O–H groups in total. The molecule has 0 radical (unpaired) electrons. The summed E-state index contributed by atoms with van der Waals surface area (Å²) in [7, 11) is 1.94. The van der Waals surface area contributed by atoms with E-state index in [0.29, 0.717) is 0 Å². The Morgan fingerprint density at radius 1 is 1.29 bits per heavy atom. The number of nitrogens with zero attached hydrogens (tertiary/aromatic N) is 1. The number of rotatable bonds is 8. The van der Waals surface area contributed by atoms with Gasteiger partial charge in [-0.05, 0) is 38.8 Å². The molecule has 0 aromatic heterocycles. The van der Waals surface area contributed by atoms with Crippen molar-refractivity contribution in [2.75, 3.05) is 26.7 Å². The van der Waals surface area contributed by atoms with E-state index in [9.17, 15) is 5.11 Å². The maximum atomic E-state index is 9.31. The van der Waals surface area contributed by atoms with Gasteiger partial charge in [-0.25, -0.2) is 0 Å². The first-order valence-corrected chi connectivity index (χ1v) is 7.19. The Hall–Kier alpha value is -0.120. The fourth-order valence-corrected chi connectivity index (χ4v) is 2.64. The van der Waals surface area contributed by atoms with Crippen molar-refractivity contribution in [1.82, 2.24) is 10.2 Å². The smallest absolute Gasteiger partial charge is 0.0597 e. The molecule has 1 rings (SSSR count). The molecular weight excluding hydrogens is 212 g/mol. The van der Waals surface area contributed by atoms with Crippen molar-refractivity contribution in [2.45, 2.75) is 58.0 Å². The number of aliphatic hydroxyl groups excluding tert-OH is 1. The second-order valence-electron chi connectivity index (χ2n) is 5.78. The Labute approximate surface area is 107 Å². The van der Waals surface area contributed by atoms with Crippen LogP contribution in [-0.2, 0) is 0 Å². The normalized spacial score (nSPS) is 19.4. The average molecular weight is 242 g/mol. The summed E-state index contributed by atoms with van der Waals surface area (Å²) in [4.78, 5) is 2.60. The van der Waals surface area contributed by atoms with E-state index in [1.165, 1.54) is 38.6 Å². The lowest BCUT2D eigenvalue weighted by atomic mass is 10.1. The lowest BCUT2D eigenvalue weighted by molar-refractivity contribution is 0.142. The standard InChI is InChI=1S/C14H30N2O/c1-12(2)8-9-16(10-13(11-17)15-3)14-6-4-5-7-14/h12-15,17H,4-11H2,1-3H3. The third-order valence-corrected chi connectivity index (χ3v) is 3.92. The monoisotopic (exact) mass is 242 g/mol. The van der Waals surface area contributed by atoms with Crippen molar-refractivity contribution in [3.8, 4) is 0 Å². The maximum absolute atomic E-state index is 9.31. The van der Waals surface area contributed by atoms with Crippen molar-refractivity contribution >= 4 is 0 Å². The summed E-state index contributed by atoms with van der Waals surface area (Å²) in [6.45, 7) is 6.98. The van der Waals surface area contributed by atoms with E-state index in [4.69, 9.17) is 0 Å². The molecule has 1 unspecified atom stereocenters. The molecule has 1 fully saturated rings. The molecule has 1 atom stereocenters. The van der Waals surface area contributed by atoms with Crippen LogP contribution in [0.5, 0.6) is 0 Å². The Morgan fingerprint density at radius 3 is 2.41 bits per heavy atom. The molecule has 0 aliphatic heterocycles. The highest BCUT2D eigenvalue weighted by Crippen LogP contribution is 2.24. The van der Waals surface area contributed by atoms with Gasteiger partial charge in [0, 0.05) is 18.6 Å². The highest BCUT2D eigenvalue weighted by molar-refractivity contribution is 4.81. The molecule has 0 saturated heterocycles. The minimum atomic E-state index is 0.225. The Morgan fingerprint density at radius 2 is 1.94 bits per heavy atom. The molecule has 0 aromatic carbocycles. The van der Waals surface area contributed by atoms with Crippen LogP contribution in [0, 0.1) is 5.92 Å². The predicted molar refractivity (Wildman–Crippen MR) is 73.2 cm³/mol. The zero-order valence-corrected chi connectivity index (χ0v) is 11.8. The van der Waals surface area contributed by atoms with Gasteiger partial charge < -0.3 is 10.4 Å². The van der Waals surface area contributed by atoms with E-state index in [1.54, 1.807) is 0 Å². The van der Waals surface area contributed by atoms with Crippen LogP contribution in [0.3, 0.4) is 0 Å². The van der Waals surface area contributed by atoms with Gasteiger partial charge in [0.15, 0.2) is 0 Å². The quantitative estimate of drug-likeness (QED) is 0.682. The largest absolute Gasteiger partial charge is 0.395 e. The molecule has 0 heterocycles. The first kappa shape index (κ1) is 14.9. The Balaban J connectivity index is 2.45. The van der Waals surface area contributed by atoms with Crippen LogP contribution in [0.4, 0.5) is 0 Å². The van der Waals surface area contributed by atoms with E-state index < -0.39 is 0 Å². The van der Waals surface area contributed by atoms with Gasteiger partial charge in [-0.2, -0.15) is 0 Å². The summed E-state index contributed by atoms with van der Waals surface area (Å²) in [5.74, 6) is 0.765. The zero-order chi connectivity index (χ0) is 12.7. The molecule has 1 saturated carbocycles. The molecule has 1 aliphatic rings. The molecule has 0 aromatic rings. The van der Waals surface area contributed by atoms with Crippen molar-refractivity contribution < 1.29 is 5.11 Å².